The third kappa shape index (κ3) is 5.30. The standard InChI is InChI=1S/C27H24ClN5O5/c1-27(23(34)35)14-18(27)16-33-25(36)31-24(32(26(33)37)15-17-5-7-19(28)8-6-17)30-20-9-11-21(12-10-20)38-22-4-2-3-13-29-22/h2-13,18H,14-16H2,1H3,(H,34,35)(H,30,31,36). The highest BCUT2D eigenvalue weighted by Crippen LogP contribution is 2.52. The molecule has 10 nitrogen and oxygen atoms in total. The maximum absolute atomic E-state index is 13.5. The van der Waals surface area contributed by atoms with E-state index >= 15 is 0 Å². The fourth-order valence-corrected chi connectivity index (χ4v) is 4.29. The van der Waals surface area contributed by atoms with Crippen molar-refractivity contribution in [1.82, 2.24) is 19.1 Å². The number of aromatic nitrogens is 4. The third-order valence-electron chi connectivity index (χ3n) is 6.68. The van der Waals surface area contributed by atoms with Crippen molar-refractivity contribution >= 4 is 29.2 Å². The van der Waals surface area contributed by atoms with Crippen LogP contribution in [0.3, 0.4) is 0 Å². The Labute approximate surface area is 222 Å². The summed E-state index contributed by atoms with van der Waals surface area (Å²) in [7, 11) is 0. The van der Waals surface area contributed by atoms with E-state index in [0.717, 1.165) is 10.1 Å². The van der Waals surface area contributed by atoms with E-state index in [1.165, 1.54) is 4.57 Å². The molecule has 2 aromatic carbocycles. The quantitative estimate of drug-likeness (QED) is 0.328. The highest BCUT2D eigenvalue weighted by Gasteiger charge is 2.56. The summed E-state index contributed by atoms with van der Waals surface area (Å²) >= 11 is 6.01. The second-order valence-electron chi connectivity index (χ2n) is 9.37. The SMILES string of the molecule is CC1(C(=O)O)CC1Cn1c(=O)nc(Nc2ccc(Oc3ccccn3)cc2)n(Cc2ccc(Cl)cc2)c1=O. The van der Waals surface area contributed by atoms with Crippen molar-refractivity contribution in [3.05, 3.63) is 104 Å². The number of halogens is 1. The molecule has 0 saturated heterocycles. The summed E-state index contributed by atoms with van der Waals surface area (Å²) in [6.45, 7) is 1.71. The zero-order valence-electron chi connectivity index (χ0n) is 20.4. The van der Waals surface area contributed by atoms with Gasteiger partial charge in [0, 0.05) is 29.5 Å². The summed E-state index contributed by atoms with van der Waals surface area (Å²) in [6.07, 6.45) is 2.02. The lowest BCUT2D eigenvalue weighted by molar-refractivity contribution is -0.143. The van der Waals surface area contributed by atoms with Crippen LogP contribution in [0.2, 0.25) is 5.02 Å². The molecule has 0 amide bonds. The number of benzene rings is 2. The van der Waals surface area contributed by atoms with Gasteiger partial charge in [-0.25, -0.2) is 19.1 Å². The van der Waals surface area contributed by atoms with Gasteiger partial charge in [0.25, 0.3) is 0 Å². The molecule has 194 valence electrons. The lowest BCUT2D eigenvalue weighted by atomic mass is 10.1. The Balaban J connectivity index is 1.45. The normalized spacial score (nSPS) is 18.1. The van der Waals surface area contributed by atoms with E-state index in [1.54, 1.807) is 73.8 Å². The number of carboxylic acids is 1. The number of rotatable bonds is 9. The molecule has 1 aliphatic rings. The predicted octanol–water partition coefficient (Wildman–Crippen LogP) is 4.15. The van der Waals surface area contributed by atoms with Gasteiger partial charge in [-0.15, -0.1) is 0 Å². The second kappa shape index (κ2) is 10.1. The Morgan fingerprint density at radius 1 is 1.11 bits per heavy atom. The van der Waals surface area contributed by atoms with Crippen LogP contribution in [0.25, 0.3) is 0 Å². The minimum Gasteiger partial charge on any atom is -0.481 e. The molecular formula is C27H24ClN5O5. The van der Waals surface area contributed by atoms with Crippen LogP contribution in [0.4, 0.5) is 11.6 Å². The van der Waals surface area contributed by atoms with Crippen molar-refractivity contribution in [2.75, 3.05) is 5.32 Å². The number of carbonyl (C=O) groups is 1. The number of aliphatic carboxylic acids is 1. The number of ether oxygens (including phenoxy) is 1. The van der Waals surface area contributed by atoms with E-state index in [-0.39, 0.29) is 25.0 Å². The number of anilines is 2. The van der Waals surface area contributed by atoms with Crippen molar-refractivity contribution in [2.24, 2.45) is 11.3 Å². The molecule has 2 N–H and O–H groups in total. The maximum atomic E-state index is 13.5. The highest BCUT2D eigenvalue weighted by molar-refractivity contribution is 6.30. The Morgan fingerprint density at radius 2 is 1.84 bits per heavy atom. The fourth-order valence-electron chi connectivity index (χ4n) is 4.16. The molecule has 0 spiro atoms. The summed E-state index contributed by atoms with van der Waals surface area (Å²) in [5.41, 5.74) is -0.944. The second-order valence-corrected chi connectivity index (χ2v) is 9.80. The molecule has 5 rings (SSSR count). The monoisotopic (exact) mass is 533 g/mol. The summed E-state index contributed by atoms with van der Waals surface area (Å²) < 4.78 is 8.07. The van der Waals surface area contributed by atoms with Gasteiger partial charge >= 0.3 is 17.3 Å². The first-order valence-electron chi connectivity index (χ1n) is 11.9. The van der Waals surface area contributed by atoms with Crippen LogP contribution in [0, 0.1) is 11.3 Å². The first kappa shape index (κ1) is 25.2. The number of nitrogens with one attached hydrogen (secondary N) is 1. The number of nitrogens with zero attached hydrogens (tertiary/aromatic N) is 4. The van der Waals surface area contributed by atoms with Crippen LogP contribution >= 0.6 is 11.6 Å². The number of hydrogen-bond acceptors (Lipinski definition) is 7. The van der Waals surface area contributed by atoms with Gasteiger partial charge in [-0.2, -0.15) is 4.98 Å². The molecule has 0 bridgehead atoms. The maximum Gasteiger partial charge on any atom is 0.354 e. The van der Waals surface area contributed by atoms with Crippen molar-refractivity contribution in [3.63, 3.8) is 0 Å². The lowest BCUT2D eigenvalue weighted by Crippen LogP contribution is -2.43. The molecule has 0 aliphatic heterocycles. The lowest BCUT2D eigenvalue weighted by Gasteiger charge is -2.16. The zero-order chi connectivity index (χ0) is 26.9. The molecule has 38 heavy (non-hydrogen) atoms. The van der Waals surface area contributed by atoms with Gasteiger partial charge in [0.15, 0.2) is 0 Å². The van der Waals surface area contributed by atoms with Crippen LogP contribution in [-0.4, -0.2) is 30.2 Å². The van der Waals surface area contributed by atoms with Gasteiger partial charge in [0.05, 0.1) is 12.0 Å². The number of hydrogen-bond donors (Lipinski definition) is 2. The van der Waals surface area contributed by atoms with Gasteiger partial charge in [0.1, 0.15) is 5.75 Å². The Morgan fingerprint density at radius 3 is 2.47 bits per heavy atom. The highest BCUT2D eigenvalue weighted by atomic mass is 35.5. The minimum atomic E-state index is -0.955. The van der Waals surface area contributed by atoms with Crippen molar-refractivity contribution in [1.29, 1.82) is 0 Å². The van der Waals surface area contributed by atoms with Gasteiger partial charge < -0.3 is 15.2 Å². The van der Waals surface area contributed by atoms with Crippen LogP contribution in [0.15, 0.2) is 82.5 Å². The topological polar surface area (TPSA) is 128 Å². The first-order chi connectivity index (χ1) is 18.2. The predicted molar refractivity (Wildman–Crippen MR) is 141 cm³/mol. The number of carboxylic acid groups (broad SMARTS) is 1. The Hall–Kier alpha value is -4.44. The average molecular weight is 534 g/mol. The van der Waals surface area contributed by atoms with Gasteiger partial charge in [0.2, 0.25) is 11.8 Å². The largest absolute Gasteiger partial charge is 0.481 e. The van der Waals surface area contributed by atoms with E-state index in [2.05, 4.69) is 15.3 Å². The zero-order valence-corrected chi connectivity index (χ0v) is 21.1. The third-order valence-corrected chi connectivity index (χ3v) is 6.93. The summed E-state index contributed by atoms with van der Waals surface area (Å²) in [6, 6.07) is 19.2. The van der Waals surface area contributed by atoms with Crippen molar-refractivity contribution < 1.29 is 14.6 Å². The molecule has 1 aliphatic carbocycles. The fraction of sp³-hybridized carbons (Fsp3) is 0.222. The number of pyridine rings is 1. The van der Waals surface area contributed by atoms with Crippen LogP contribution in [0.5, 0.6) is 11.6 Å². The van der Waals surface area contributed by atoms with E-state index < -0.39 is 22.8 Å². The molecule has 2 atom stereocenters. The summed E-state index contributed by atoms with van der Waals surface area (Å²) in [5, 5.41) is 13.1. The molecule has 11 heteroatoms. The smallest absolute Gasteiger partial charge is 0.354 e. The minimum absolute atomic E-state index is 0.0199. The molecule has 1 fully saturated rings. The van der Waals surface area contributed by atoms with E-state index in [9.17, 15) is 19.5 Å². The van der Waals surface area contributed by atoms with Gasteiger partial charge in [-0.05, 0) is 67.3 Å². The van der Waals surface area contributed by atoms with E-state index in [1.807, 2.05) is 6.07 Å². The van der Waals surface area contributed by atoms with Gasteiger partial charge in [-0.1, -0.05) is 29.8 Å². The van der Waals surface area contributed by atoms with Crippen LogP contribution in [-0.2, 0) is 17.9 Å². The van der Waals surface area contributed by atoms with Gasteiger partial charge in [-0.3, -0.25) is 9.36 Å². The Kier molecular flexibility index (Phi) is 6.73. The van der Waals surface area contributed by atoms with Crippen LogP contribution in [0.1, 0.15) is 18.9 Å². The first-order valence-corrected chi connectivity index (χ1v) is 12.3. The molecule has 1 saturated carbocycles. The molecular weight excluding hydrogens is 510 g/mol. The molecule has 2 unspecified atom stereocenters. The van der Waals surface area contributed by atoms with Crippen molar-refractivity contribution in [2.45, 2.75) is 26.4 Å². The van der Waals surface area contributed by atoms with Crippen LogP contribution < -0.4 is 21.4 Å². The average Bonchev–Trinajstić information content (AvgIpc) is 3.58. The van der Waals surface area contributed by atoms with E-state index in [0.29, 0.717) is 28.8 Å². The summed E-state index contributed by atoms with van der Waals surface area (Å²) in [5.74, 6) is -0.214. The van der Waals surface area contributed by atoms with E-state index in [4.69, 9.17) is 16.3 Å². The summed E-state index contributed by atoms with van der Waals surface area (Å²) in [4.78, 5) is 46.3. The molecule has 4 aromatic rings. The molecule has 0 radical (unpaired) electrons. The molecule has 2 aromatic heterocycles. The van der Waals surface area contributed by atoms with Crippen molar-refractivity contribution in [3.8, 4) is 11.6 Å². The Bertz CT molecular complexity index is 1590. The molecule has 2 heterocycles.